The number of aliphatic carboxylic acids is 1. The van der Waals surface area contributed by atoms with E-state index in [0.717, 1.165) is 12.1 Å². The Bertz CT molecular complexity index is 660. The molecule has 1 aliphatic rings. The molecular formula is C16H20O9. The number of hydrogen-bond donors (Lipinski definition) is 7. The van der Waals surface area contributed by atoms with Crippen LogP contribution >= 0.6 is 0 Å². The van der Waals surface area contributed by atoms with Crippen LogP contribution in [0.2, 0.25) is 0 Å². The molecule has 1 saturated carbocycles. The topological polar surface area (TPSA) is 176 Å². The molecule has 0 aliphatic heterocycles. The molecule has 0 saturated heterocycles. The summed E-state index contributed by atoms with van der Waals surface area (Å²) in [5, 5.41) is 67.6. The van der Waals surface area contributed by atoms with Crippen molar-refractivity contribution < 1.29 is 45.3 Å². The summed E-state index contributed by atoms with van der Waals surface area (Å²) in [5.74, 6) is -4.54. The number of rotatable bonds is 5. The van der Waals surface area contributed by atoms with E-state index in [4.69, 9.17) is 5.11 Å². The van der Waals surface area contributed by atoms with Gasteiger partial charge in [0.1, 0.15) is 5.78 Å². The lowest BCUT2D eigenvalue weighted by atomic mass is 9.72. The van der Waals surface area contributed by atoms with Crippen LogP contribution in [0.5, 0.6) is 11.5 Å². The molecule has 0 heterocycles. The second-order valence-corrected chi connectivity index (χ2v) is 6.34. The van der Waals surface area contributed by atoms with Crippen LogP contribution in [-0.2, 0) is 9.59 Å². The Morgan fingerprint density at radius 3 is 2.16 bits per heavy atom. The number of carboxylic acids is 1. The van der Waals surface area contributed by atoms with Crippen molar-refractivity contribution in [2.45, 2.75) is 43.2 Å². The number of carbonyl (C=O) groups excluding carboxylic acids is 1. The van der Waals surface area contributed by atoms with Gasteiger partial charge in [0.15, 0.2) is 17.1 Å². The van der Waals surface area contributed by atoms with Crippen molar-refractivity contribution in [3.63, 3.8) is 0 Å². The first-order valence-electron chi connectivity index (χ1n) is 7.59. The van der Waals surface area contributed by atoms with E-state index in [2.05, 4.69) is 0 Å². The molecule has 138 valence electrons. The smallest absolute Gasteiger partial charge is 0.335 e. The van der Waals surface area contributed by atoms with Crippen LogP contribution in [0.1, 0.15) is 30.9 Å². The van der Waals surface area contributed by atoms with E-state index in [1.165, 1.54) is 6.07 Å². The zero-order chi connectivity index (χ0) is 18.9. The highest BCUT2D eigenvalue weighted by Crippen LogP contribution is 2.36. The quantitative estimate of drug-likeness (QED) is 0.327. The first kappa shape index (κ1) is 19.1. The molecule has 0 bridgehead atoms. The number of phenols is 2. The summed E-state index contributed by atoms with van der Waals surface area (Å²) in [7, 11) is 0. The van der Waals surface area contributed by atoms with Gasteiger partial charge < -0.3 is 35.7 Å². The Kier molecular flexibility index (Phi) is 5.33. The zero-order valence-corrected chi connectivity index (χ0v) is 13.1. The van der Waals surface area contributed by atoms with Crippen molar-refractivity contribution in [2.24, 2.45) is 5.92 Å². The summed E-state index contributed by atoms with van der Waals surface area (Å²) in [6.07, 6.45) is -6.28. The van der Waals surface area contributed by atoms with E-state index in [0.29, 0.717) is 0 Å². The molecule has 3 atom stereocenters. The number of aromatic hydroxyl groups is 2. The fraction of sp³-hybridized carbons (Fsp3) is 0.500. The lowest BCUT2D eigenvalue weighted by Gasteiger charge is -2.39. The van der Waals surface area contributed by atoms with Crippen molar-refractivity contribution in [3.05, 3.63) is 23.8 Å². The van der Waals surface area contributed by atoms with Gasteiger partial charge >= 0.3 is 5.97 Å². The fourth-order valence-electron chi connectivity index (χ4n) is 3.08. The first-order valence-corrected chi connectivity index (χ1v) is 7.59. The predicted octanol–water partition coefficient (Wildman–Crippen LogP) is -0.962. The first-order chi connectivity index (χ1) is 11.5. The molecule has 2 rings (SSSR count). The summed E-state index contributed by atoms with van der Waals surface area (Å²) in [6, 6.07) is 3.50. The number of aliphatic hydroxyl groups excluding tert-OH is 3. The third-order valence-corrected chi connectivity index (χ3v) is 4.47. The monoisotopic (exact) mass is 356 g/mol. The second kappa shape index (κ2) is 6.96. The van der Waals surface area contributed by atoms with Crippen LogP contribution < -0.4 is 0 Å². The number of ketones is 1. The number of carboxylic acid groups (broad SMARTS) is 1. The minimum absolute atomic E-state index is 0.144. The van der Waals surface area contributed by atoms with Crippen LogP contribution in [0.15, 0.2) is 18.2 Å². The Hall–Kier alpha value is -2.20. The molecular weight excluding hydrogens is 336 g/mol. The Morgan fingerprint density at radius 1 is 1.12 bits per heavy atom. The molecule has 0 radical (unpaired) electrons. The largest absolute Gasteiger partial charge is 0.504 e. The summed E-state index contributed by atoms with van der Waals surface area (Å²) in [6.45, 7) is 0. The second-order valence-electron chi connectivity index (χ2n) is 6.34. The lowest BCUT2D eigenvalue weighted by Crippen LogP contribution is -2.55. The zero-order valence-electron chi connectivity index (χ0n) is 13.1. The maximum absolute atomic E-state index is 12.3. The number of phenolic OH excluding ortho intramolecular Hbond substituents is 2. The number of carbonyl (C=O) groups is 2. The molecule has 9 heteroatoms. The molecule has 0 aromatic heterocycles. The van der Waals surface area contributed by atoms with Crippen LogP contribution in [0.4, 0.5) is 0 Å². The molecule has 1 aliphatic carbocycles. The van der Waals surface area contributed by atoms with Crippen LogP contribution in [0.25, 0.3) is 0 Å². The molecule has 0 amide bonds. The van der Waals surface area contributed by atoms with Gasteiger partial charge in [-0.25, -0.2) is 4.79 Å². The van der Waals surface area contributed by atoms with E-state index in [-0.39, 0.29) is 5.56 Å². The molecule has 0 spiro atoms. The molecule has 1 aromatic carbocycles. The Labute approximate surface area is 142 Å². The molecule has 1 aromatic rings. The third kappa shape index (κ3) is 3.90. The normalized spacial score (nSPS) is 30.6. The van der Waals surface area contributed by atoms with Crippen molar-refractivity contribution in [2.75, 3.05) is 0 Å². The van der Waals surface area contributed by atoms with Gasteiger partial charge in [0.25, 0.3) is 0 Å². The number of benzene rings is 1. The van der Waals surface area contributed by atoms with E-state index in [1.807, 2.05) is 0 Å². The van der Waals surface area contributed by atoms with Crippen molar-refractivity contribution in [1.82, 2.24) is 0 Å². The fourth-order valence-corrected chi connectivity index (χ4v) is 3.08. The number of hydrogen-bond acceptors (Lipinski definition) is 8. The maximum atomic E-state index is 12.3. The van der Waals surface area contributed by atoms with Gasteiger partial charge in [0.05, 0.1) is 24.2 Å². The molecule has 9 nitrogen and oxygen atoms in total. The number of aliphatic hydroxyl groups is 4. The highest BCUT2D eigenvalue weighted by Gasteiger charge is 2.51. The Morgan fingerprint density at radius 2 is 1.68 bits per heavy atom. The van der Waals surface area contributed by atoms with Crippen LogP contribution in [-0.4, -0.2) is 65.3 Å². The van der Waals surface area contributed by atoms with Crippen LogP contribution in [0, 0.1) is 5.92 Å². The molecule has 25 heavy (non-hydrogen) atoms. The highest BCUT2D eigenvalue weighted by atomic mass is 16.4. The SMILES string of the molecule is O=C(C[C@@H](O)c1ccc(O)c(O)c1)C1[C@H](O)CC(O)(C(=O)O)C[C@H]1O. The van der Waals surface area contributed by atoms with Gasteiger partial charge in [0.2, 0.25) is 0 Å². The molecule has 7 N–H and O–H groups in total. The summed E-state index contributed by atoms with van der Waals surface area (Å²) in [4.78, 5) is 23.3. The molecule has 0 unspecified atom stereocenters. The van der Waals surface area contributed by atoms with Gasteiger partial charge in [-0.05, 0) is 17.7 Å². The summed E-state index contributed by atoms with van der Waals surface area (Å²) in [5.41, 5.74) is -2.18. The minimum Gasteiger partial charge on any atom is -0.504 e. The molecule has 1 fully saturated rings. The highest BCUT2D eigenvalue weighted by molar-refractivity contribution is 5.84. The van der Waals surface area contributed by atoms with E-state index in [9.17, 15) is 40.2 Å². The van der Waals surface area contributed by atoms with Crippen molar-refractivity contribution >= 4 is 11.8 Å². The predicted molar refractivity (Wildman–Crippen MR) is 81.7 cm³/mol. The van der Waals surface area contributed by atoms with Crippen LogP contribution in [0.3, 0.4) is 0 Å². The maximum Gasteiger partial charge on any atom is 0.335 e. The lowest BCUT2D eigenvalue weighted by molar-refractivity contribution is -0.181. The van der Waals surface area contributed by atoms with Crippen molar-refractivity contribution in [3.8, 4) is 11.5 Å². The standard InChI is InChI=1S/C16H20O9/c17-8-2-1-7(3-10(8)19)9(18)4-11(20)14-12(21)5-16(25,15(23)24)6-13(14)22/h1-3,9,12-14,17-19,21-22,25H,4-6H2,(H,23,24)/t9-,12-,13-,14?,16?/m1/s1. The minimum atomic E-state index is -2.32. The van der Waals surface area contributed by atoms with E-state index >= 15 is 0 Å². The van der Waals surface area contributed by atoms with E-state index in [1.54, 1.807) is 0 Å². The van der Waals surface area contributed by atoms with Gasteiger partial charge in [-0.15, -0.1) is 0 Å². The third-order valence-electron chi connectivity index (χ3n) is 4.47. The average Bonchev–Trinajstić information content (AvgIpc) is 2.48. The number of Topliss-reactive ketones (excluding diaryl/α,β-unsaturated/α-hetero) is 1. The van der Waals surface area contributed by atoms with Gasteiger partial charge in [-0.2, -0.15) is 0 Å². The summed E-state index contributed by atoms with van der Waals surface area (Å²) < 4.78 is 0. The average molecular weight is 356 g/mol. The van der Waals surface area contributed by atoms with Gasteiger partial charge in [0, 0.05) is 19.3 Å². The summed E-state index contributed by atoms with van der Waals surface area (Å²) >= 11 is 0. The van der Waals surface area contributed by atoms with Gasteiger partial charge in [-0.1, -0.05) is 6.07 Å². The van der Waals surface area contributed by atoms with Crippen molar-refractivity contribution in [1.29, 1.82) is 0 Å². The van der Waals surface area contributed by atoms with E-state index < -0.39 is 72.3 Å². The van der Waals surface area contributed by atoms with Gasteiger partial charge in [-0.3, -0.25) is 4.79 Å². The Balaban J connectivity index is 2.09.